The van der Waals surface area contributed by atoms with Gasteiger partial charge in [-0.3, -0.25) is 4.90 Å². The average Bonchev–Trinajstić information content (AvgIpc) is 2.25. The van der Waals surface area contributed by atoms with Gasteiger partial charge in [0.25, 0.3) is 0 Å². The first-order chi connectivity index (χ1) is 7.47. The van der Waals surface area contributed by atoms with E-state index in [0.717, 1.165) is 24.2 Å². The van der Waals surface area contributed by atoms with Gasteiger partial charge in [-0.1, -0.05) is 35.0 Å². The van der Waals surface area contributed by atoms with Crippen LogP contribution in [0.3, 0.4) is 0 Å². The lowest BCUT2D eigenvalue weighted by atomic mass is 10.1. The van der Waals surface area contributed by atoms with Gasteiger partial charge in [0, 0.05) is 6.54 Å². The van der Waals surface area contributed by atoms with Crippen LogP contribution in [0.25, 0.3) is 0 Å². The molecule has 0 aliphatic rings. The lowest BCUT2D eigenvalue weighted by molar-refractivity contribution is -0.137. The molecule has 0 fully saturated rings. The Labute approximate surface area is 101 Å². The van der Waals surface area contributed by atoms with Gasteiger partial charge in [-0.2, -0.15) is 13.2 Å². The summed E-state index contributed by atoms with van der Waals surface area (Å²) in [6, 6.07) is 5.29. The summed E-state index contributed by atoms with van der Waals surface area (Å²) in [5.41, 5.74) is 0.997. The van der Waals surface area contributed by atoms with Crippen LogP contribution in [0, 0.1) is 0 Å². The third-order valence-electron chi connectivity index (χ3n) is 2.30. The van der Waals surface area contributed by atoms with Crippen LogP contribution in [0.4, 0.5) is 13.2 Å². The van der Waals surface area contributed by atoms with Crippen LogP contribution in [-0.2, 0) is 12.7 Å². The van der Waals surface area contributed by atoms with E-state index in [1.807, 2.05) is 6.92 Å². The van der Waals surface area contributed by atoms with Gasteiger partial charge in [-0.15, -0.1) is 0 Å². The Kier molecular flexibility index (Phi) is 4.80. The van der Waals surface area contributed by atoms with Gasteiger partial charge >= 0.3 is 6.18 Å². The summed E-state index contributed by atoms with van der Waals surface area (Å²) >= 11 is 3.33. The third-order valence-corrected chi connectivity index (χ3v) is 3.01. The first-order valence-corrected chi connectivity index (χ1v) is 6.04. The summed E-state index contributed by atoms with van der Waals surface area (Å²) in [5, 5.41) is 0. The molecule has 0 aliphatic carbocycles. The minimum Gasteiger partial charge on any atom is -0.289 e. The number of hydrogen-bond acceptors (Lipinski definition) is 1. The number of halogens is 4. The Bertz CT molecular complexity index is 317. The van der Waals surface area contributed by atoms with Gasteiger partial charge in [0.15, 0.2) is 0 Å². The van der Waals surface area contributed by atoms with Crippen LogP contribution in [-0.4, -0.2) is 16.9 Å². The van der Waals surface area contributed by atoms with Gasteiger partial charge in [-0.05, 0) is 24.2 Å². The van der Waals surface area contributed by atoms with Crippen LogP contribution in [0.2, 0.25) is 0 Å². The molecule has 0 bridgehead atoms. The highest BCUT2D eigenvalue weighted by Gasteiger charge is 2.29. The van der Waals surface area contributed by atoms with Gasteiger partial charge < -0.3 is 0 Å². The summed E-state index contributed by atoms with van der Waals surface area (Å²) < 4.78 is 36.9. The van der Waals surface area contributed by atoms with E-state index in [2.05, 4.69) is 20.8 Å². The number of rotatable bonds is 4. The maximum atomic E-state index is 12.3. The molecule has 0 spiro atoms. The summed E-state index contributed by atoms with van der Waals surface area (Å²) in [5.74, 6) is 0. The van der Waals surface area contributed by atoms with E-state index in [1.54, 1.807) is 0 Å². The smallest absolute Gasteiger partial charge is 0.289 e. The molecule has 0 atom stereocenters. The molecule has 1 aromatic carbocycles. The Morgan fingerprint density at radius 3 is 2.12 bits per heavy atom. The fourth-order valence-corrected chi connectivity index (χ4v) is 1.83. The minimum absolute atomic E-state index is 0.599. The fourth-order valence-electron chi connectivity index (χ4n) is 1.30. The molecule has 0 N–H and O–H groups in total. The van der Waals surface area contributed by atoms with Crippen molar-refractivity contribution in [3.05, 3.63) is 35.4 Å². The van der Waals surface area contributed by atoms with Crippen molar-refractivity contribution in [1.82, 2.24) is 4.90 Å². The second-order valence-electron chi connectivity index (χ2n) is 3.46. The minimum atomic E-state index is -4.25. The Morgan fingerprint density at radius 1 is 1.19 bits per heavy atom. The number of hydrogen-bond donors (Lipinski definition) is 0. The standard InChI is InChI=1S/C11H13BrF3N/c1-2-16(8-12)7-9-3-5-10(6-4-9)11(13,14)15/h3-6H,2,7-8H2,1H3. The highest BCUT2D eigenvalue weighted by molar-refractivity contribution is 9.09. The highest BCUT2D eigenvalue weighted by Crippen LogP contribution is 2.29. The number of nitrogens with zero attached hydrogens (tertiary/aromatic N) is 1. The first kappa shape index (κ1) is 13.5. The van der Waals surface area contributed by atoms with Crippen LogP contribution < -0.4 is 0 Å². The van der Waals surface area contributed by atoms with E-state index in [1.165, 1.54) is 12.1 Å². The molecule has 1 aromatic rings. The van der Waals surface area contributed by atoms with Crippen molar-refractivity contribution in [3.8, 4) is 0 Å². The van der Waals surface area contributed by atoms with Crippen LogP contribution in [0.1, 0.15) is 18.1 Å². The topological polar surface area (TPSA) is 3.24 Å². The SMILES string of the molecule is CCN(CBr)Cc1ccc(C(F)(F)F)cc1. The molecule has 0 heterocycles. The molecular formula is C11H13BrF3N. The lowest BCUT2D eigenvalue weighted by Crippen LogP contribution is -2.20. The zero-order valence-electron chi connectivity index (χ0n) is 8.89. The molecular weight excluding hydrogens is 283 g/mol. The lowest BCUT2D eigenvalue weighted by Gasteiger charge is -2.17. The predicted molar refractivity (Wildman–Crippen MR) is 61.3 cm³/mol. The van der Waals surface area contributed by atoms with Gasteiger partial charge in [-0.25, -0.2) is 0 Å². The molecule has 1 nitrogen and oxygen atoms in total. The molecule has 0 amide bonds. The molecule has 0 aliphatic heterocycles. The van der Waals surface area contributed by atoms with Crippen molar-refractivity contribution < 1.29 is 13.2 Å². The van der Waals surface area contributed by atoms with E-state index >= 15 is 0 Å². The first-order valence-electron chi connectivity index (χ1n) is 4.91. The summed E-state index contributed by atoms with van der Waals surface area (Å²) in [7, 11) is 0. The van der Waals surface area contributed by atoms with Crippen molar-refractivity contribution in [2.45, 2.75) is 19.6 Å². The quantitative estimate of drug-likeness (QED) is 0.602. The summed E-state index contributed by atoms with van der Waals surface area (Å²) in [6.45, 7) is 3.51. The predicted octanol–water partition coefficient (Wildman–Crippen LogP) is 3.88. The zero-order valence-corrected chi connectivity index (χ0v) is 10.5. The third kappa shape index (κ3) is 3.79. The molecule has 0 radical (unpaired) electrons. The maximum Gasteiger partial charge on any atom is 0.416 e. The highest BCUT2D eigenvalue weighted by atomic mass is 79.9. The summed E-state index contributed by atoms with van der Waals surface area (Å²) in [4.78, 5) is 2.07. The number of alkyl halides is 4. The van der Waals surface area contributed by atoms with E-state index in [0.29, 0.717) is 12.0 Å². The van der Waals surface area contributed by atoms with Crippen LogP contribution >= 0.6 is 15.9 Å². The Balaban J connectivity index is 2.72. The van der Waals surface area contributed by atoms with Gasteiger partial charge in [0.1, 0.15) is 0 Å². The van der Waals surface area contributed by atoms with Crippen molar-refractivity contribution in [2.75, 3.05) is 12.0 Å². The van der Waals surface area contributed by atoms with Crippen molar-refractivity contribution >= 4 is 15.9 Å². The van der Waals surface area contributed by atoms with Gasteiger partial charge in [0.05, 0.1) is 11.0 Å². The molecule has 16 heavy (non-hydrogen) atoms. The van der Waals surface area contributed by atoms with Crippen molar-refractivity contribution in [2.24, 2.45) is 0 Å². The Morgan fingerprint density at radius 2 is 1.75 bits per heavy atom. The van der Waals surface area contributed by atoms with Crippen LogP contribution in [0.15, 0.2) is 24.3 Å². The number of benzene rings is 1. The van der Waals surface area contributed by atoms with Crippen LogP contribution in [0.5, 0.6) is 0 Å². The molecule has 0 aromatic heterocycles. The van der Waals surface area contributed by atoms with Gasteiger partial charge in [0.2, 0.25) is 0 Å². The largest absolute Gasteiger partial charge is 0.416 e. The maximum absolute atomic E-state index is 12.3. The molecule has 0 saturated carbocycles. The van der Waals surface area contributed by atoms with E-state index in [-0.39, 0.29) is 0 Å². The normalized spacial score (nSPS) is 12.1. The second-order valence-corrected chi connectivity index (χ2v) is 3.96. The molecule has 0 unspecified atom stereocenters. The fraction of sp³-hybridized carbons (Fsp3) is 0.455. The zero-order chi connectivity index (χ0) is 12.2. The summed E-state index contributed by atoms with van der Waals surface area (Å²) in [6.07, 6.45) is -4.25. The average molecular weight is 296 g/mol. The second kappa shape index (κ2) is 5.68. The molecule has 5 heteroatoms. The van der Waals surface area contributed by atoms with Crippen molar-refractivity contribution in [1.29, 1.82) is 0 Å². The van der Waals surface area contributed by atoms with Crippen molar-refractivity contribution in [3.63, 3.8) is 0 Å². The molecule has 1 rings (SSSR count). The molecule has 0 saturated heterocycles. The Hall–Kier alpha value is -0.550. The monoisotopic (exact) mass is 295 g/mol. The van der Waals surface area contributed by atoms with E-state index < -0.39 is 11.7 Å². The van der Waals surface area contributed by atoms with E-state index in [4.69, 9.17) is 0 Å². The molecule has 90 valence electrons. The van der Waals surface area contributed by atoms with E-state index in [9.17, 15) is 13.2 Å².